The van der Waals surface area contributed by atoms with Crippen molar-refractivity contribution in [2.75, 3.05) is 13.7 Å². The van der Waals surface area contributed by atoms with Crippen molar-refractivity contribution in [1.29, 1.82) is 0 Å². The molecule has 1 heterocycles. The van der Waals surface area contributed by atoms with Gasteiger partial charge in [0, 0.05) is 4.88 Å². The third-order valence-corrected chi connectivity index (χ3v) is 3.85. The number of halogens is 1. The molecule has 4 heteroatoms. The van der Waals surface area contributed by atoms with Crippen LogP contribution < -0.4 is 10.5 Å². The summed E-state index contributed by atoms with van der Waals surface area (Å²) in [6.07, 6.45) is 0.917. The summed E-state index contributed by atoms with van der Waals surface area (Å²) < 4.78 is 5.13. The maximum Gasteiger partial charge on any atom is 0.137 e. The van der Waals surface area contributed by atoms with Crippen LogP contribution in [0.1, 0.15) is 5.56 Å². The van der Waals surface area contributed by atoms with Crippen molar-refractivity contribution in [3.8, 4) is 16.2 Å². The number of ether oxygens (including phenoxy) is 1. The Kier molecular flexibility index (Phi) is 4.05. The second kappa shape index (κ2) is 5.54. The molecular formula is C13H14ClNOS. The van der Waals surface area contributed by atoms with Gasteiger partial charge in [-0.15, -0.1) is 11.3 Å². The molecule has 2 N–H and O–H groups in total. The van der Waals surface area contributed by atoms with Gasteiger partial charge >= 0.3 is 0 Å². The molecule has 0 fully saturated rings. The van der Waals surface area contributed by atoms with E-state index in [1.165, 1.54) is 10.4 Å². The molecule has 0 spiro atoms. The molecule has 1 aromatic heterocycles. The molecule has 0 bridgehead atoms. The summed E-state index contributed by atoms with van der Waals surface area (Å²) in [7, 11) is 1.62. The molecule has 0 aliphatic carbocycles. The van der Waals surface area contributed by atoms with Crippen LogP contribution in [0.4, 0.5) is 0 Å². The van der Waals surface area contributed by atoms with Gasteiger partial charge in [0.15, 0.2) is 0 Å². The van der Waals surface area contributed by atoms with E-state index in [1.807, 2.05) is 18.2 Å². The maximum absolute atomic E-state index is 6.11. The third-order valence-electron chi connectivity index (χ3n) is 2.52. The van der Waals surface area contributed by atoms with Gasteiger partial charge in [0.1, 0.15) is 5.75 Å². The first kappa shape index (κ1) is 12.4. The zero-order chi connectivity index (χ0) is 12.3. The van der Waals surface area contributed by atoms with E-state index in [1.54, 1.807) is 18.4 Å². The summed E-state index contributed by atoms with van der Waals surface area (Å²) in [5.41, 5.74) is 7.93. The Balaban J connectivity index is 2.29. The van der Waals surface area contributed by atoms with E-state index in [9.17, 15) is 0 Å². The fourth-order valence-corrected chi connectivity index (χ4v) is 2.85. The summed E-state index contributed by atoms with van der Waals surface area (Å²) in [5, 5.41) is 2.78. The molecule has 0 unspecified atom stereocenters. The van der Waals surface area contributed by atoms with Gasteiger partial charge in [-0.25, -0.2) is 0 Å². The summed E-state index contributed by atoms with van der Waals surface area (Å²) in [5.74, 6) is 0.703. The number of methoxy groups -OCH3 is 1. The van der Waals surface area contributed by atoms with Crippen LogP contribution in [0.2, 0.25) is 5.02 Å². The number of nitrogens with two attached hydrogens (primary N) is 1. The van der Waals surface area contributed by atoms with Gasteiger partial charge in [-0.2, -0.15) is 0 Å². The quantitative estimate of drug-likeness (QED) is 0.919. The zero-order valence-electron chi connectivity index (χ0n) is 9.57. The molecular weight excluding hydrogens is 254 g/mol. The molecule has 0 aliphatic rings. The molecule has 2 rings (SSSR count). The number of hydrogen-bond donors (Lipinski definition) is 1. The van der Waals surface area contributed by atoms with Crippen molar-refractivity contribution in [3.05, 3.63) is 40.2 Å². The van der Waals surface area contributed by atoms with Crippen LogP contribution in [0.15, 0.2) is 29.6 Å². The normalized spacial score (nSPS) is 10.5. The molecule has 0 saturated carbocycles. The van der Waals surface area contributed by atoms with Gasteiger partial charge in [0.05, 0.1) is 12.1 Å². The van der Waals surface area contributed by atoms with Crippen LogP contribution in [-0.4, -0.2) is 13.7 Å². The largest absolute Gasteiger partial charge is 0.495 e. The lowest BCUT2D eigenvalue weighted by Crippen LogP contribution is -2.01. The van der Waals surface area contributed by atoms with E-state index in [-0.39, 0.29) is 0 Å². The number of rotatable bonds is 4. The molecule has 90 valence electrons. The molecule has 1 aromatic carbocycles. The summed E-state index contributed by atoms with van der Waals surface area (Å²) in [6, 6.07) is 8.00. The topological polar surface area (TPSA) is 35.2 Å². The van der Waals surface area contributed by atoms with Gasteiger partial charge in [-0.05, 0) is 53.7 Å². The van der Waals surface area contributed by atoms with E-state index in [4.69, 9.17) is 22.1 Å². The Labute approximate surface area is 110 Å². The highest BCUT2D eigenvalue weighted by Gasteiger charge is 2.06. The average Bonchev–Trinajstić information content (AvgIpc) is 2.78. The molecule has 0 amide bonds. The van der Waals surface area contributed by atoms with Crippen LogP contribution in [-0.2, 0) is 6.42 Å². The van der Waals surface area contributed by atoms with Crippen molar-refractivity contribution in [2.45, 2.75) is 6.42 Å². The van der Waals surface area contributed by atoms with Gasteiger partial charge in [0.25, 0.3) is 0 Å². The monoisotopic (exact) mass is 267 g/mol. The fourth-order valence-electron chi connectivity index (χ4n) is 1.64. The van der Waals surface area contributed by atoms with Crippen LogP contribution in [0.25, 0.3) is 10.4 Å². The minimum Gasteiger partial charge on any atom is -0.495 e. The van der Waals surface area contributed by atoms with Crippen molar-refractivity contribution >= 4 is 22.9 Å². The van der Waals surface area contributed by atoms with E-state index in [0.29, 0.717) is 17.3 Å². The SMILES string of the molecule is COc1ccc(-c2cc(CCN)cs2)cc1Cl. The Morgan fingerprint density at radius 1 is 1.35 bits per heavy atom. The molecule has 0 aliphatic heterocycles. The first-order chi connectivity index (χ1) is 8.24. The highest BCUT2D eigenvalue weighted by Crippen LogP contribution is 2.33. The first-order valence-electron chi connectivity index (χ1n) is 5.36. The Bertz CT molecular complexity index is 510. The van der Waals surface area contributed by atoms with E-state index in [2.05, 4.69) is 11.4 Å². The Hall–Kier alpha value is -1.03. The highest BCUT2D eigenvalue weighted by atomic mass is 35.5. The second-order valence-electron chi connectivity index (χ2n) is 3.71. The van der Waals surface area contributed by atoms with Crippen LogP contribution in [0, 0.1) is 0 Å². The number of thiophene rings is 1. The molecule has 17 heavy (non-hydrogen) atoms. The Morgan fingerprint density at radius 3 is 2.82 bits per heavy atom. The first-order valence-corrected chi connectivity index (χ1v) is 6.61. The van der Waals surface area contributed by atoms with Crippen LogP contribution in [0.3, 0.4) is 0 Å². The fraction of sp³-hybridized carbons (Fsp3) is 0.231. The molecule has 0 radical (unpaired) electrons. The van der Waals surface area contributed by atoms with E-state index in [0.717, 1.165) is 12.0 Å². The van der Waals surface area contributed by atoms with Crippen molar-refractivity contribution < 1.29 is 4.74 Å². The molecule has 2 aromatic rings. The predicted octanol–water partition coefficient (Wildman–Crippen LogP) is 3.58. The number of benzene rings is 1. The zero-order valence-corrected chi connectivity index (χ0v) is 11.1. The molecule has 0 atom stereocenters. The lowest BCUT2D eigenvalue weighted by Gasteiger charge is -2.04. The highest BCUT2D eigenvalue weighted by molar-refractivity contribution is 7.13. The summed E-state index contributed by atoms with van der Waals surface area (Å²) >= 11 is 7.82. The lowest BCUT2D eigenvalue weighted by molar-refractivity contribution is 0.415. The van der Waals surface area contributed by atoms with Crippen molar-refractivity contribution in [2.24, 2.45) is 5.73 Å². The lowest BCUT2D eigenvalue weighted by atomic mass is 10.1. The average molecular weight is 268 g/mol. The number of hydrogen-bond acceptors (Lipinski definition) is 3. The van der Waals surface area contributed by atoms with Gasteiger partial charge in [-0.3, -0.25) is 0 Å². The molecule has 2 nitrogen and oxygen atoms in total. The van der Waals surface area contributed by atoms with E-state index >= 15 is 0 Å². The smallest absolute Gasteiger partial charge is 0.137 e. The van der Waals surface area contributed by atoms with Gasteiger partial charge in [0.2, 0.25) is 0 Å². The predicted molar refractivity (Wildman–Crippen MR) is 74.1 cm³/mol. The minimum absolute atomic E-state index is 0.638. The van der Waals surface area contributed by atoms with Crippen LogP contribution >= 0.6 is 22.9 Å². The van der Waals surface area contributed by atoms with Crippen molar-refractivity contribution in [1.82, 2.24) is 0 Å². The standard InChI is InChI=1S/C13H14ClNOS/c1-16-12-3-2-10(7-11(12)14)13-6-9(4-5-15)8-17-13/h2-3,6-8H,4-5,15H2,1H3. The van der Waals surface area contributed by atoms with Crippen molar-refractivity contribution in [3.63, 3.8) is 0 Å². The third kappa shape index (κ3) is 2.80. The van der Waals surface area contributed by atoms with Gasteiger partial charge in [-0.1, -0.05) is 11.6 Å². The van der Waals surface area contributed by atoms with Gasteiger partial charge < -0.3 is 10.5 Å². The van der Waals surface area contributed by atoms with Crippen LogP contribution in [0.5, 0.6) is 5.75 Å². The second-order valence-corrected chi connectivity index (χ2v) is 5.03. The Morgan fingerprint density at radius 2 is 2.18 bits per heavy atom. The maximum atomic E-state index is 6.11. The van der Waals surface area contributed by atoms with E-state index < -0.39 is 0 Å². The summed E-state index contributed by atoms with van der Waals surface area (Å²) in [4.78, 5) is 1.21. The minimum atomic E-state index is 0.638. The summed E-state index contributed by atoms with van der Waals surface area (Å²) in [6.45, 7) is 0.680. The molecule has 0 saturated heterocycles.